The number of rotatable bonds is 8. The maximum atomic E-state index is 5.32. The lowest BCUT2D eigenvalue weighted by atomic mass is 10.1. The molecule has 0 saturated heterocycles. The highest BCUT2D eigenvalue weighted by Crippen LogP contribution is 2.20. The van der Waals surface area contributed by atoms with Gasteiger partial charge < -0.3 is 14.6 Å². The number of hydrogen-bond donors (Lipinski definition) is 1. The largest absolute Gasteiger partial charge is 0.371 e. The minimum atomic E-state index is -0.492. The molecule has 0 spiro atoms. The van der Waals surface area contributed by atoms with Crippen LogP contribution in [0.15, 0.2) is 4.52 Å². The van der Waals surface area contributed by atoms with Gasteiger partial charge >= 0.3 is 0 Å². The summed E-state index contributed by atoms with van der Waals surface area (Å²) in [6.07, 6.45) is 2.94. The zero-order chi connectivity index (χ0) is 13.6. The second-order valence-electron chi connectivity index (χ2n) is 5.12. The SMILES string of the molecule is CCCNC(C)CCc1nc(C(C)(C)OC)no1. The minimum absolute atomic E-state index is 0.468. The molecule has 0 aromatic carbocycles. The normalized spacial score (nSPS) is 13.8. The average molecular weight is 255 g/mol. The van der Waals surface area contributed by atoms with Gasteiger partial charge in [-0.3, -0.25) is 0 Å². The van der Waals surface area contributed by atoms with Crippen molar-refractivity contribution < 1.29 is 9.26 Å². The van der Waals surface area contributed by atoms with Gasteiger partial charge in [-0.1, -0.05) is 12.1 Å². The third-order valence-electron chi connectivity index (χ3n) is 3.05. The van der Waals surface area contributed by atoms with E-state index in [0.29, 0.717) is 17.8 Å². The molecule has 104 valence electrons. The van der Waals surface area contributed by atoms with Crippen LogP contribution < -0.4 is 5.32 Å². The summed E-state index contributed by atoms with van der Waals surface area (Å²) in [6.45, 7) is 9.23. The Hall–Kier alpha value is -0.940. The first-order valence-electron chi connectivity index (χ1n) is 6.61. The second kappa shape index (κ2) is 6.85. The Morgan fingerprint density at radius 3 is 2.78 bits per heavy atom. The summed E-state index contributed by atoms with van der Waals surface area (Å²) < 4.78 is 10.6. The Balaban J connectivity index is 2.45. The fraction of sp³-hybridized carbons (Fsp3) is 0.846. The van der Waals surface area contributed by atoms with Crippen LogP contribution in [0.5, 0.6) is 0 Å². The summed E-state index contributed by atoms with van der Waals surface area (Å²) in [4.78, 5) is 4.37. The van der Waals surface area contributed by atoms with Gasteiger partial charge in [0.25, 0.3) is 0 Å². The lowest BCUT2D eigenvalue weighted by Gasteiger charge is -2.17. The van der Waals surface area contributed by atoms with Crippen LogP contribution in [0.4, 0.5) is 0 Å². The van der Waals surface area contributed by atoms with E-state index in [4.69, 9.17) is 9.26 Å². The molecule has 1 aromatic rings. The standard InChI is InChI=1S/C13H25N3O2/c1-6-9-14-10(2)7-8-11-15-12(16-18-11)13(3,4)17-5/h10,14H,6-9H2,1-5H3. The topological polar surface area (TPSA) is 60.2 Å². The zero-order valence-electron chi connectivity index (χ0n) is 12.1. The van der Waals surface area contributed by atoms with E-state index in [9.17, 15) is 0 Å². The van der Waals surface area contributed by atoms with Gasteiger partial charge in [-0.15, -0.1) is 0 Å². The third-order valence-corrected chi connectivity index (χ3v) is 3.05. The lowest BCUT2D eigenvalue weighted by molar-refractivity contribution is 0.00973. The van der Waals surface area contributed by atoms with Gasteiger partial charge in [0.15, 0.2) is 0 Å². The second-order valence-corrected chi connectivity index (χ2v) is 5.12. The van der Waals surface area contributed by atoms with Crippen molar-refractivity contribution >= 4 is 0 Å². The highest BCUT2D eigenvalue weighted by atomic mass is 16.5. The van der Waals surface area contributed by atoms with Gasteiger partial charge in [0.1, 0.15) is 5.60 Å². The number of aryl methyl sites for hydroxylation is 1. The van der Waals surface area contributed by atoms with Crippen LogP contribution in [0.2, 0.25) is 0 Å². The zero-order valence-corrected chi connectivity index (χ0v) is 12.1. The van der Waals surface area contributed by atoms with E-state index < -0.39 is 5.60 Å². The summed E-state index contributed by atoms with van der Waals surface area (Å²) in [5.41, 5.74) is -0.492. The fourth-order valence-corrected chi connectivity index (χ4v) is 1.53. The summed E-state index contributed by atoms with van der Waals surface area (Å²) in [5, 5.41) is 7.40. The van der Waals surface area contributed by atoms with Crippen LogP contribution >= 0.6 is 0 Å². The average Bonchev–Trinajstić information content (AvgIpc) is 2.83. The van der Waals surface area contributed by atoms with Crippen LogP contribution in [0.3, 0.4) is 0 Å². The quantitative estimate of drug-likeness (QED) is 0.772. The van der Waals surface area contributed by atoms with E-state index in [2.05, 4.69) is 29.3 Å². The van der Waals surface area contributed by atoms with Crippen molar-refractivity contribution in [2.75, 3.05) is 13.7 Å². The maximum Gasteiger partial charge on any atom is 0.226 e. The van der Waals surface area contributed by atoms with Gasteiger partial charge in [-0.25, -0.2) is 0 Å². The number of methoxy groups -OCH3 is 1. The van der Waals surface area contributed by atoms with Crippen LogP contribution in [0.25, 0.3) is 0 Å². The fourth-order valence-electron chi connectivity index (χ4n) is 1.53. The molecular formula is C13H25N3O2. The maximum absolute atomic E-state index is 5.32. The van der Waals surface area contributed by atoms with Crippen molar-refractivity contribution in [2.24, 2.45) is 0 Å². The molecule has 0 bridgehead atoms. The Morgan fingerprint density at radius 1 is 1.44 bits per heavy atom. The van der Waals surface area contributed by atoms with Gasteiger partial charge in [0.05, 0.1) is 0 Å². The molecule has 0 amide bonds. The van der Waals surface area contributed by atoms with E-state index >= 15 is 0 Å². The molecular weight excluding hydrogens is 230 g/mol. The molecule has 1 rings (SSSR count). The molecule has 0 aliphatic carbocycles. The Kier molecular flexibility index (Phi) is 5.75. The molecule has 1 N–H and O–H groups in total. The smallest absolute Gasteiger partial charge is 0.226 e. The van der Waals surface area contributed by atoms with Crippen molar-refractivity contribution in [3.05, 3.63) is 11.7 Å². The van der Waals surface area contributed by atoms with Crippen LogP contribution in [-0.4, -0.2) is 29.8 Å². The van der Waals surface area contributed by atoms with E-state index in [1.165, 1.54) is 0 Å². The van der Waals surface area contributed by atoms with Crippen LogP contribution in [0.1, 0.15) is 52.3 Å². The molecule has 0 saturated carbocycles. The Morgan fingerprint density at radius 2 is 2.17 bits per heavy atom. The molecule has 0 aliphatic rings. The molecule has 0 aliphatic heterocycles. The number of nitrogens with zero attached hydrogens (tertiary/aromatic N) is 2. The molecule has 1 atom stereocenters. The summed E-state index contributed by atoms with van der Waals surface area (Å²) in [5.74, 6) is 1.29. The van der Waals surface area contributed by atoms with Gasteiger partial charge in [0, 0.05) is 19.6 Å². The van der Waals surface area contributed by atoms with Crippen molar-refractivity contribution in [1.29, 1.82) is 0 Å². The van der Waals surface area contributed by atoms with Crippen molar-refractivity contribution in [3.8, 4) is 0 Å². The van der Waals surface area contributed by atoms with Crippen LogP contribution in [-0.2, 0) is 16.8 Å². The first-order valence-corrected chi connectivity index (χ1v) is 6.61. The summed E-state index contributed by atoms with van der Waals surface area (Å²) >= 11 is 0. The predicted molar refractivity (Wildman–Crippen MR) is 70.4 cm³/mol. The van der Waals surface area contributed by atoms with Gasteiger partial charge in [0.2, 0.25) is 11.7 Å². The van der Waals surface area contributed by atoms with E-state index in [1.807, 2.05) is 13.8 Å². The molecule has 5 nitrogen and oxygen atoms in total. The Bertz CT molecular complexity index is 350. The van der Waals surface area contributed by atoms with Crippen molar-refractivity contribution in [2.45, 2.75) is 58.6 Å². The Labute approximate surface area is 109 Å². The van der Waals surface area contributed by atoms with Crippen molar-refractivity contribution in [1.82, 2.24) is 15.5 Å². The van der Waals surface area contributed by atoms with Gasteiger partial charge in [-0.2, -0.15) is 4.98 Å². The summed E-state index contributed by atoms with van der Waals surface area (Å²) in [6, 6.07) is 0.468. The number of hydrogen-bond acceptors (Lipinski definition) is 5. The molecule has 0 fully saturated rings. The van der Waals surface area contributed by atoms with E-state index in [1.54, 1.807) is 7.11 Å². The number of nitrogens with one attached hydrogen (secondary N) is 1. The van der Waals surface area contributed by atoms with Gasteiger partial charge in [-0.05, 0) is 40.2 Å². The predicted octanol–water partition coefficient (Wildman–Crippen LogP) is 2.27. The molecule has 18 heavy (non-hydrogen) atoms. The van der Waals surface area contributed by atoms with E-state index in [0.717, 1.165) is 25.8 Å². The minimum Gasteiger partial charge on any atom is -0.371 e. The molecule has 5 heteroatoms. The first-order chi connectivity index (χ1) is 8.49. The summed E-state index contributed by atoms with van der Waals surface area (Å²) in [7, 11) is 1.65. The van der Waals surface area contributed by atoms with Crippen molar-refractivity contribution in [3.63, 3.8) is 0 Å². The highest BCUT2D eigenvalue weighted by molar-refractivity contribution is 4.97. The monoisotopic (exact) mass is 255 g/mol. The molecule has 1 unspecified atom stereocenters. The number of ether oxygens (including phenoxy) is 1. The van der Waals surface area contributed by atoms with E-state index in [-0.39, 0.29) is 0 Å². The third kappa shape index (κ3) is 4.38. The molecule has 0 radical (unpaired) electrons. The lowest BCUT2D eigenvalue weighted by Crippen LogP contribution is -2.27. The molecule has 1 heterocycles. The molecule has 1 aromatic heterocycles. The first kappa shape index (κ1) is 15.1. The van der Waals surface area contributed by atoms with Crippen LogP contribution in [0, 0.1) is 0 Å². The highest BCUT2D eigenvalue weighted by Gasteiger charge is 2.26. The number of aromatic nitrogens is 2.